The van der Waals surface area contributed by atoms with E-state index in [4.69, 9.17) is 0 Å². The van der Waals surface area contributed by atoms with E-state index in [0.717, 1.165) is 0 Å². The van der Waals surface area contributed by atoms with E-state index in [1.165, 1.54) is 10.7 Å². The van der Waals surface area contributed by atoms with E-state index >= 15 is 0 Å². The van der Waals surface area contributed by atoms with Crippen molar-refractivity contribution in [3.05, 3.63) is 28.7 Å². The average Bonchev–Trinajstić information content (AvgIpc) is 1.94. The Morgan fingerprint density at radius 3 is 3.20 bits per heavy atom. The fraction of sp³-hybridized carbons (Fsp3) is 0.333. The van der Waals surface area contributed by atoms with Gasteiger partial charge in [0.15, 0.2) is 0 Å². The van der Waals surface area contributed by atoms with Crippen molar-refractivity contribution in [2.24, 2.45) is 0 Å². The number of rotatable bonds is 2. The molecule has 54 valence electrons. The van der Waals surface area contributed by atoms with Crippen LogP contribution in [0.1, 0.15) is 0 Å². The van der Waals surface area contributed by atoms with E-state index < -0.39 is 0 Å². The van der Waals surface area contributed by atoms with Crippen LogP contribution in [0.2, 0.25) is 0 Å². The molecule has 0 fully saturated rings. The molecule has 1 rings (SSSR count). The maximum absolute atomic E-state index is 10.9. The molecule has 0 unspecified atom stereocenters. The van der Waals surface area contributed by atoms with Gasteiger partial charge in [-0.2, -0.15) is 5.10 Å². The summed E-state index contributed by atoms with van der Waals surface area (Å²) in [6.07, 6.45) is 3.54. The van der Waals surface area contributed by atoms with Crippen LogP contribution in [0.3, 0.4) is 0 Å². The van der Waals surface area contributed by atoms with Gasteiger partial charge in [-0.3, -0.25) is 4.79 Å². The van der Waals surface area contributed by atoms with Gasteiger partial charge >= 0.3 is 0 Å². The third-order valence-electron chi connectivity index (χ3n) is 1.04. The lowest BCUT2D eigenvalue weighted by molar-refractivity contribution is 0.694. The van der Waals surface area contributed by atoms with E-state index in [0.29, 0.717) is 5.88 Å². The third-order valence-corrected chi connectivity index (χ3v) is 1.54. The summed E-state index contributed by atoms with van der Waals surface area (Å²) in [5.74, 6) is 0.625. The fourth-order valence-electron chi connectivity index (χ4n) is 0.606. The van der Waals surface area contributed by atoms with Crippen LogP contribution in [0.4, 0.5) is 0 Å². The third kappa shape index (κ3) is 1.60. The monoisotopic (exact) mass is 156 g/mol. The maximum atomic E-state index is 10.9. The van der Waals surface area contributed by atoms with Gasteiger partial charge in [-0.1, -0.05) is 0 Å². The first-order valence-corrected chi connectivity index (χ1v) is 4.25. The Hall–Kier alpha value is -0.770. The Morgan fingerprint density at radius 2 is 2.60 bits per heavy atom. The molecular weight excluding hydrogens is 148 g/mol. The van der Waals surface area contributed by atoms with Gasteiger partial charge in [-0.15, -0.1) is 11.8 Å². The minimum Gasteiger partial charge on any atom is -0.268 e. The predicted molar refractivity (Wildman–Crippen MR) is 42.0 cm³/mol. The van der Waals surface area contributed by atoms with Crippen molar-refractivity contribution in [3.8, 4) is 0 Å². The molecule has 0 aliphatic carbocycles. The molecule has 0 bridgehead atoms. The van der Waals surface area contributed by atoms with Gasteiger partial charge in [-0.05, 0) is 12.3 Å². The summed E-state index contributed by atoms with van der Waals surface area (Å²) in [6.45, 7) is 0. The summed E-state index contributed by atoms with van der Waals surface area (Å²) < 4.78 is 1.42. The van der Waals surface area contributed by atoms with E-state index in [1.54, 1.807) is 24.0 Å². The summed E-state index contributed by atoms with van der Waals surface area (Å²) >= 11 is 1.57. The van der Waals surface area contributed by atoms with Crippen LogP contribution in [0.5, 0.6) is 0 Å². The molecule has 4 heteroatoms. The number of hydrogen-bond donors (Lipinski definition) is 0. The van der Waals surface area contributed by atoms with Crippen LogP contribution >= 0.6 is 11.8 Å². The molecule has 0 saturated heterocycles. The van der Waals surface area contributed by atoms with Crippen LogP contribution < -0.4 is 5.56 Å². The normalized spacial score (nSPS) is 9.70. The van der Waals surface area contributed by atoms with Crippen LogP contribution in [-0.2, 0) is 5.88 Å². The van der Waals surface area contributed by atoms with E-state index in [-0.39, 0.29) is 5.56 Å². The van der Waals surface area contributed by atoms with Crippen molar-refractivity contribution >= 4 is 11.8 Å². The largest absolute Gasteiger partial charge is 0.268 e. The standard InChI is InChI=1S/C6H8N2OS/c1-10-5-8-6(9)3-2-4-7-8/h2-4H,5H2,1H3. The molecule has 0 atom stereocenters. The summed E-state index contributed by atoms with van der Waals surface area (Å²) in [7, 11) is 0. The highest BCUT2D eigenvalue weighted by Crippen LogP contribution is 1.92. The number of nitrogens with zero attached hydrogens (tertiary/aromatic N) is 2. The molecule has 10 heavy (non-hydrogen) atoms. The zero-order valence-corrected chi connectivity index (χ0v) is 6.47. The molecule has 0 aromatic carbocycles. The lowest BCUT2D eigenvalue weighted by Gasteiger charge is -1.97. The molecule has 1 heterocycles. The molecule has 3 nitrogen and oxygen atoms in total. The Kier molecular flexibility index (Phi) is 2.50. The van der Waals surface area contributed by atoms with Crippen LogP contribution in [-0.4, -0.2) is 16.0 Å². The maximum Gasteiger partial charge on any atom is 0.267 e. The molecule has 0 aliphatic rings. The zero-order chi connectivity index (χ0) is 7.40. The Morgan fingerprint density at radius 1 is 1.80 bits per heavy atom. The smallest absolute Gasteiger partial charge is 0.267 e. The van der Waals surface area contributed by atoms with Gasteiger partial charge < -0.3 is 0 Å². The van der Waals surface area contributed by atoms with E-state index in [2.05, 4.69) is 5.10 Å². The summed E-state index contributed by atoms with van der Waals surface area (Å²) in [5.41, 5.74) is -0.0446. The number of aromatic nitrogens is 2. The lowest BCUT2D eigenvalue weighted by atomic mass is 10.6. The van der Waals surface area contributed by atoms with E-state index in [9.17, 15) is 4.79 Å². The second kappa shape index (κ2) is 3.41. The highest BCUT2D eigenvalue weighted by atomic mass is 32.2. The number of thioether (sulfide) groups is 1. The van der Waals surface area contributed by atoms with Crippen molar-refractivity contribution in [2.75, 3.05) is 6.26 Å². The van der Waals surface area contributed by atoms with Crippen molar-refractivity contribution in [2.45, 2.75) is 5.88 Å². The Bertz CT molecular complexity index is 258. The lowest BCUT2D eigenvalue weighted by Crippen LogP contribution is -2.19. The van der Waals surface area contributed by atoms with Gasteiger partial charge in [0.2, 0.25) is 0 Å². The minimum absolute atomic E-state index is 0.0446. The highest BCUT2D eigenvalue weighted by Gasteiger charge is 1.90. The molecule has 0 aliphatic heterocycles. The van der Waals surface area contributed by atoms with Crippen molar-refractivity contribution in [1.29, 1.82) is 0 Å². The van der Waals surface area contributed by atoms with Gasteiger partial charge in [0.25, 0.3) is 5.56 Å². The molecule has 0 N–H and O–H groups in total. The minimum atomic E-state index is -0.0446. The summed E-state index contributed by atoms with van der Waals surface area (Å²) in [6, 6.07) is 3.14. The van der Waals surface area contributed by atoms with E-state index in [1.807, 2.05) is 6.26 Å². The van der Waals surface area contributed by atoms with Crippen LogP contribution in [0.25, 0.3) is 0 Å². The molecule has 1 aromatic rings. The molecule has 0 spiro atoms. The molecule has 0 saturated carbocycles. The first-order valence-electron chi connectivity index (χ1n) is 2.85. The van der Waals surface area contributed by atoms with Crippen molar-refractivity contribution in [1.82, 2.24) is 9.78 Å². The van der Waals surface area contributed by atoms with Gasteiger partial charge in [0.05, 0.1) is 5.88 Å². The van der Waals surface area contributed by atoms with Crippen LogP contribution in [0.15, 0.2) is 23.1 Å². The Balaban J connectivity index is 2.92. The fourth-order valence-corrected chi connectivity index (χ4v) is 1.04. The quantitative estimate of drug-likeness (QED) is 0.627. The Labute approximate surface area is 63.1 Å². The second-order valence-corrected chi connectivity index (χ2v) is 2.61. The SMILES string of the molecule is CSCn1ncccc1=O. The molecule has 1 aromatic heterocycles. The van der Waals surface area contributed by atoms with Crippen molar-refractivity contribution in [3.63, 3.8) is 0 Å². The van der Waals surface area contributed by atoms with Gasteiger partial charge in [0, 0.05) is 12.3 Å². The van der Waals surface area contributed by atoms with Gasteiger partial charge in [-0.25, -0.2) is 4.68 Å². The number of hydrogen-bond acceptors (Lipinski definition) is 3. The molecular formula is C6H8N2OS. The first-order chi connectivity index (χ1) is 4.84. The first kappa shape index (κ1) is 7.34. The van der Waals surface area contributed by atoms with Crippen LogP contribution in [0, 0.1) is 0 Å². The topological polar surface area (TPSA) is 34.9 Å². The average molecular weight is 156 g/mol. The second-order valence-electron chi connectivity index (χ2n) is 1.78. The molecule has 0 amide bonds. The molecule has 0 radical (unpaired) electrons. The highest BCUT2D eigenvalue weighted by molar-refractivity contribution is 7.97. The summed E-state index contributed by atoms with van der Waals surface area (Å²) in [5, 5.41) is 3.85. The predicted octanol–water partition coefficient (Wildman–Crippen LogP) is 0.564. The zero-order valence-electron chi connectivity index (χ0n) is 5.65. The summed E-state index contributed by atoms with van der Waals surface area (Å²) in [4.78, 5) is 10.9. The van der Waals surface area contributed by atoms with Gasteiger partial charge in [0.1, 0.15) is 0 Å². The van der Waals surface area contributed by atoms with Crippen molar-refractivity contribution < 1.29 is 0 Å².